The highest BCUT2D eigenvalue weighted by Gasteiger charge is 2.01. The first-order chi connectivity index (χ1) is 6.13. The molecule has 0 saturated carbocycles. The third kappa shape index (κ3) is 2.64. The SMILES string of the molecule is C#CC(C)Nc1ccc(F)c(Cl)c1. The molecule has 0 aliphatic carbocycles. The molecule has 13 heavy (non-hydrogen) atoms. The first-order valence-electron chi connectivity index (χ1n) is 3.81. The Morgan fingerprint density at radius 3 is 2.85 bits per heavy atom. The average molecular weight is 198 g/mol. The van der Waals surface area contributed by atoms with Crippen LogP contribution in [0.3, 0.4) is 0 Å². The van der Waals surface area contributed by atoms with Crippen LogP contribution in [0, 0.1) is 18.2 Å². The van der Waals surface area contributed by atoms with Crippen LogP contribution in [0.4, 0.5) is 10.1 Å². The number of benzene rings is 1. The van der Waals surface area contributed by atoms with Gasteiger partial charge in [0.05, 0.1) is 11.1 Å². The van der Waals surface area contributed by atoms with Crippen molar-refractivity contribution in [2.24, 2.45) is 0 Å². The molecule has 0 aliphatic rings. The van der Waals surface area contributed by atoms with Crippen LogP contribution in [-0.4, -0.2) is 6.04 Å². The summed E-state index contributed by atoms with van der Waals surface area (Å²) in [5.74, 6) is 2.07. The minimum Gasteiger partial charge on any atom is -0.372 e. The summed E-state index contributed by atoms with van der Waals surface area (Å²) in [6.07, 6.45) is 5.17. The maximum atomic E-state index is 12.7. The Balaban J connectivity index is 2.81. The summed E-state index contributed by atoms with van der Waals surface area (Å²) < 4.78 is 12.7. The second-order valence-corrected chi connectivity index (χ2v) is 3.07. The quantitative estimate of drug-likeness (QED) is 0.719. The third-order valence-corrected chi connectivity index (χ3v) is 1.84. The fourth-order valence-corrected chi connectivity index (χ4v) is 1.06. The van der Waals surface area contributed by atoms with Crippen LogP contribution in [0.15, 0.2) is 18.2 Å². The number of hydrogen-bond donors (Lipinski definition) is 1. The van der Waals surface area contributed by atoms with Crippen LogP contribution in [0.1, 0.15) is 6.92 Å². The van der Waals surface area contributed by atoms with E-state index in [1.165, 1.54) is 12.1 Å². The van der Waals surface area contributed by atoms with Crippen molar-refractivity contribution in [2.45, 2.75) is 13.0 Å². The Morgan fingerprint density at radius 2 is 2.31 bits per heavy atom. The number of hydrogen-bond acceptors (Lipinski definition) is 1. The van der Waals surface area contributed by atoms with E-state index in [0.717, 1.165) is 5.69 Å². The summed E-state index contributed by atoms with van der Waals surface area (Å²) in [7, 11) is 0. The minimum atomic E-state index is -0.430. The van der Waals surface area contributed by atoms with Gasteiger partial charge in [0.15, 0.2) is 0 Å². The van der Waals surface area contributed by atoms with Gasteiger partial charge in [0, 0.05) is 5.69 Å². The molecule has 3 heteroatoms. The van der Waals surface area contributed by atoms with Gasteiger partial charge in [0.25, 0.3) is 0 Å². The van der Waals surface area contributed by atoms with Crippen LogP contribution in [0.25, 0.3) is 0 Å². The Labute approximate surface area is 81.9 Å². The lowest BCUT2D eigenvalue weighted by Gasteiger charge is -2.09. The molecule has 1 atom stereocenters. The van der Waals surface area contributed by atoms with Gasteiger partial charge < -0.3 is 5.32 Å². The van der Waals surface area contributed by atoms with Gasteiger partial charge in [-0.15, -0.1) is 6.42 Å². The largest absolute Gasteiger partial charge is 0.372 e. The molecule has 1 unspecified atom stereocenters. The van der Waals surface area contributed by atoms with Crippen molar-refractivity contribution in [3.63, 3.8) is 0 Å². The predicted octanol–water partition coefficient (Wildman–Crippen LogP) is 2.91. The van der Waals surface area contributed by atoms with E-state index in [-0.39, 0.29) is 11.1 Å². The highest BCUT2D eigenvalue weighted by Crippen LogP contribution is 2.19. The zero-order valence-corrected chi connectivity index (χ0v) is 7.90. The van der Waals surface area contributed by atoms with Crippen LogP contribution in [0.5, 0.6) is 0 Å². The molecule has 1 aromatic carbocycles. The predicted molar refractivity (Wildman–Crippen MR) is 53.3 cm³/mol. The van der Waals surface area contributed by atoms with Crippen molar-refractivity contribution in [2.75, 3.05) is 5.32 Å². The molecule has 1 rings (SSSR count). The molecule has 0 aliphatic heterocycles. The monoisotopic (exact) mass is 197 g/mol. The molecule has 1 N–H and O–H groups in total. The molecule has 0 spiro atoms. The van der Waals surface area contributed by atoms with Gasteiger partial charge in [-0.2, -0.15) is 0 Å². The summed E-state index contributed by atoms with van der Waals surface area (Å²) in [6, 6.07) is 4.30. The lowest BCUT2D eigenvalue weighted by molar-refractivity contribution is 0.628. The average Bonchev–Trinajstić information content (AvgIpc) is 2.11. The molecular weight excluding hydrogens is 189 g/mol. The van der Waals surface area contributed by atoms with Crippen molar-refractivity contribution in [3.05, 3.63) is 29.0 Å². The molecule has 0 heterocycles. The summed E-state index contributed by atoms with van der Waals surface area (Å²) >= 11 is 5.57. The maximum Gasteiger partial charge on any atom is 0.141 e. The lowest BCUT2D eigenvalue weighted by atomic mass is 10.2. The van der Waals surface area contributed by atoms with Gasteiger partial charge in [-0.05, 0) is 25.1 Å². The molecule has 0 radical (unpaired) electrons. The zero-order valence-electron chi connectivity index (χ0n) is 7.14. The van der Waals surface area contributed by atoms with E-state index in [4.69, 9.17) is 18.0 Å². The number of anilines is 1. The van der Waals surface area contributed by atoms with Crippen molar-refractivity contribution in [1.82, 2.24) is 0 Å². The fourth-order valence-electron chi connectivity index (χ4n) is 0.878. The number of terminal acetylenes is 1. The number of halogens is 2. The van der Waals surface area contributed by atoms with E-state index in [1.807, 2.05) is 6.92 Å². The Bertz CT molecular complexity index is 343. The van der Waals surface area contributed by atoms with Crippen LogP contribution in [-0.2, 0) is 0 Å². The highest BCUT2D eigenvalue weighted by atomic mass is 35.5. The molecule has 0 amide bonds. The van der Waals surface area contributed by atoms with E-state index in [2.05, 4.69) is 11.2 Å². The summed E-state index contributed by atoms with van der Waals surface area (Å²) in [6.45, 7) is 1.83. The smallest absolute Gasteiger partial charge is 0.141 e. The van der Waals surface area contributed by atoms with Crippen molar-refractivity contribution >= 4 is 17.3 Å². The first-order valence-corrected chi connectivity index (χ1v) is 4.19. The van der Waals surface area contributed by atoms with Gasteiger partial charge in [-0.25, -0.2) is 4.39 Å². The standard InChI is InChI=1S/C10H9ClFN/c1-3-7(2)13-8-4-5-10(12)9(11)6-8/h1,4-7,13H,2H3. The van der Waals surface area contributed by atoms with Crippen LogP contribution in [0.2, 0.25) is 5.02 Å². The van der Waals surface area contributed by atoms with E-state index in [1.54, 1.807) is 6.07 Å². The molecular formula is C10H9ClFN. The molecule has 0 saturated heterocycles. The van der Waals surface area contributed by atoms with E-state index >= 15 is 0 Å². The van der Waals surface area contributed by atoms with Gasteiger partial charge in [0.1, 0.15) is 5.82 Å². The molecule has 0 aromatic heterocycles. The van der Waals surface area contributed by atoms with Gasteiger partial charge in [-0.3, -0.25) is 0 Å². The van der Waals surface area contributed by atoms with Crippen molar-refractivity contribution < 1.29 is 4.39 Å². The van der Waals surface area contributed by atoms with Gasteiger partial charge in [0.2, 0.25) is 0 Å². The second kappa shape index (κ2) is 4.15. The van der Waals surface area contributed by atoms with E-state index < -0.39 is 5.82 Å². The zero-order chi connectivity index (χ0) is 9.84. The van der Waals surface area contributed by atoms with E-state index in [0.29, 0.717) is 0 Å². The highest BCUT2D eigenvalue weighted by molar-refractivity contribution is 6.31. The molecule has 1 nitrogen and oxygen atoms in total. The van der Waals surface area contributed by atoms with Crippen LogP contribution >= 0.6 is 11.6 Å². The van der Waals surface area contributed by atoms with E-state index in [9.17, 15) is 4.39 Å². The number of rotatable bonds is 2. The minimum absolute atomic E-state index is 0.0919. The molecule has 0 bridgehead atoms. The normalized spacial score (nSPS) is 11.8. The number of nitrogens with one attached hydrogen (secondary N) is 1. The summed E-state index contributed by atoms with van der Waals surface area (Å²) in [5, 5.41) is 3.06. The Morgan fingerprint density at radius 1 is 1.62 bits per heavy atom. The third-order valence-electron chi connectivity index (χ3n) is 1.55. The first kappa shape index (κ1) is 9.88. The molecule has 0 fully saturated rings. The Kier molecular flexibility index (Phi) is 3.16. The van der Waals surface area contributed by atoms with Crippen molar-refractivity contribution in [3.8, 4) is 12.3 Å². The fraction of sp³-hybridized carbons (Fsp3) is 0.200. The summed E-state index contributed by atoms with van der Waals surface area (Å²) in [4.78, 5) is 0. The molecule has 1 aromatic rings. The summed E-state index contributed by atoms with van der Waals surface area (Å²) in [5.41, 5.74) is 0.719. The van der Waals surface area contributed by atoms with Crippen molar-refractivity contribution in [1.29, 1.82) is 0 Å². The van der Waals surface area contributed by atoms with Crippen LogP contribution < -0.4 is 5.32 Å². The van der Waals surface area contributed by atoms with Gasteiger partial charge in [-0.1, -0.05) is 17.5 Å². The molecule has 68 valence electrons. The maximum absolute atomic E-state index is 12.7. The topological polar surface area (TPSA) is 12.0 Å². The van der Waals surface area contributed by atoms with Gasteiger partial charge >= 0.3 is 0 Å². The lowest BCUT2D eigenvalue weighted by Crippen LogP contribution is -2.11. The second-order valence-electron chi connectivity index (χ2n) is 2.66. The Hall–Kier alpha value is -1.20.